The molecule has 27 heavy (non-hydrogen) atoms. The molecule has 0 aromatic carbocycles. The van der Waals surface area contributed by atoms with Gasteiger partial charge in [0.2, 0.25) is 0 Å². The van der Waals surface area contributed by atoms with E-state index in [0.29, 0.717) is 0 Å². The van der Waals surface area contributed by atoms with Crippen molar-refractivity contribution in [2.45, 2.75) is 61.4 Å². The molecule has 1 aliphatic rings. The van der Waals surface area contributed by atoms with Crippen LogP contribution in [-0.4, -0.2) is 102 Å². The van der Waals surface area contributed by atoms with Crippen LogP contribution in [0, 0.1) is 0 Å². The van der Waals surface area contributed by atoms with Gasteiger partial charge in [-0.1, -0.05) is 0 Å². The van der Waals surface area contributed by atoms with Gasteiger partial charge in [0, 0.05) is 18.0 Å². The maximum atomic E-state index is 12.6. The van der Waals surface area contributed by atoms with Crippen molar-refractivity contribution in [3.63, 3.8) is 0 Å². The molecule has 15 heteroatoms. The van der Waals surface area contributed by atoms with Crippen LogP contribution in [0.2, 0.25) is 0 Å². The van der Waals surface area contributed by atoms with Gasteiger partial charge in [-0.25, -0.2) is 4.79 Å². The Morgan fingerprint density at radius 2 is 1.41 bits per heavy atom. The van der Waals surface area contributed by atoms with Crippen molar-refractivity contribution in [2.24, 2.45) is 0 Å². The minimum Gasteiger partial charge on any atom is -0.427 e. The summed E-state index contributed by atoms with van der Waals surface area (Å²) < 4.78 is 79.4. The molecule has 0 aliphatic carbocycles. The lowest BCUT2D eigenvalue weighted by molar-refractivity contribution is -0.309. The van der Waals surface area contributed by atoms with Gasteiger partial charge in [-0.05, 0) is 31.4 Å². The van der Waals surface area contributed by atoms with E-state index >= 15 is 0 Å². The second-order valence-electron chi connectivity index (χ2n) is 7.22. The van der Waals surface area contributed by atoms with Crippen molar-refractivity contribution in [2.75, 3.05) is 6.54 Å². The Hall–Kier alpha value is -0.865. The molecule has 1 aliphatic heterocycles. The molecule has 10 radical (unpaired) electrons. The van der Waals surface area contributed by atoms with E-state index in [-0.39, 0.29) is 11.4 Å². The quantitative estimate of drug-likeness (QED) is 0.487. The molecule has 0 aromatic rings. The predicted molar refractivity (Wildman–Crippen MR) is 88.7 cm³/mol. The van der Waals surface area contributed by atoms with Gasteiger partial charge in [-0.2, -0.15) is 26.3 Å². The van der Waals surface area contributed by atoms with E-state index in [4.69, 9.17) is 39.2 Å². The van der Waals surface area contributed by atoms with Crippen molar-refractivity contribution in [1.29, 1.82) is 0 Å². The maximum absolute atomic E-state index is 12.6. The van der Waals surface area contributed by atoms with Crippen molar-refractivity contribution in [3.05, 3.63) is 0 Å². The third-order valence-corrected chi connectivity index (χ3v) is 4.01. The molecule has 4 nitrogen and oxygen atoms in total. The molecule has 1 rings (SSSR count). The number of amides is 1. The molecule has 1 fully saturated rings. The van der Waals surface area contributed by atoms with Crippen LogP contribution in [0.3, 0.4) is 0 Å². The first-order valence-corrected chi connectivity index (χ1v) is 7.47. The molecule has 140 valence electrons. The van der Waals surface area contributed by atoms with E-state index in [0.717, 1.165) is 0 Å². The van der Waals surface area contributed by atoms with Gasteiger partial charge in [0.25, 0.3) is 6.10 Å². The van der Waals surface area contributed by atoms with Gasteiger partial charge in [0.15, 0.2) is 0 Å². The van der Waals surface area contributed by atoms with Crippen molar-refractivity contribution < 1.29 is 35.9 Å². The van der Waals surface area contributed by atoms with E-state index in [2.05, 4.69) is 4.74 Å². The van der Waals surface area contributed by atoms with E-state index in [1.165, 1.54) is 4.90 Å². The minimum atomic E-state index is -5.93. The Labute approximate surface area is 159 Å². The number of alkyl halides is 6. The lowest BCUT2D eigenvalue weighted by Crippen LogP contribution is -2.83. The molecule has 1 heterocycles. The molecular formula is C12H13B5F6N2O2. The summed E-state index contributed by atoms with van der Waals surface area (Å²) in [4.78, 5) is 13.4. The molecule has 0 N–H and O–H groups in total. The second kappa shape index (κ2) is 6.88. The van der Waals surface area contributed by atoms with Gasteiger partial charge in [-0.3, -0.25) is 0 Å². The van der Waals surface area contributed by atoms with Gasteiger partial charge < -0.3 is 14.5 Å². The number of ether oxygens (including phenoxy) is 1. The molecule has 0 saturated carbocycles. The summed E-state index contributed by atoms with van der Waals surface area (Å²) in [6.45, 7) is 4.52. The SMILES string of the molecule is [B]C1CN(C(C)(C)C)C([B])([B])C([B])([B])N1C(=O)OC(C(F)(F)F)C(F)(F)F. The number of halogens is 6. The predicted octanol–water partition coefficient (Wildman–Crippen LogP) is 0.508. The highest BCUT2D eigenvalue weighted by atomic mass is 19.4. The Kier molecular flexibility index (Phi) is 6.16. The third kappa shape index (κ3) is 4.59. The van der Waals surface area contributed by atoms with Crippen LogP contribution in [0.15, 0.2) is 0 Å². The van der Waals surface area contributed by atoms with Crippen LogP contribution in [0.25, 0.3) is 0 Å². The average molecular weight is 385 g/mol. The van der Waals surface area contributed by atoms with Crippen LogP contribution in [0.1, 0.15) is 20.8 Å². The number of carbonyl (C=O) groups excluding carboxylic acids is 1. The largest absolute Gasteiger partial charge is 0.434 e. The van der Waals surface area contributed by atoms with Gasteiger partial charge in [-0.15, -0.1) is 0 Å². The first kappa shape index (κ1) is 24.2. The highest BCUT2D eigenvalue weighted by Gasteiger charge is 2.61. The molecule has 0 aromatic heterocycles. The zero-order valence-electron chi connectivity index (χ0n) is 14.7. The Bertz CT molecular complexity index is 564. The Morgan fingerprint density at radius 1 is 1.00 bits per heavy atom. The number of piperazine rings is 1. The summed E-state index contributed by atoms with van der Waals surface area (Å²) in [5.74, 6) is -1.56. The highest BCUT2D eigenvalue weighted by Crippen LogP contribution is 2.39. The monoisotopic (exact) mass is 386 g/mol. The molecule has 0 spiro atoms. The molecule has 1 saturated heterocycles. The first-order chi connectivity index (χ1) is 11.6. The van der Waals surface area contributed by atoms with E-state index in [9.17, 15) is 31.1 Å². The van der Waals surface area contributed by atoms with Gasteiger partial charge in [0.1, 0.15) is 7.85 Å². The van der Waals surface area contributed by atoms with Crippen LogP contribution in [0.5, 0.6) is 0 Å². The number of hydrogen-bond donors (Lipinski definition) is 0. The number of rotatable bonds is 1. The summed E-state index contributed by atoms with van der Waals surface area (Å²) in [7, 11) is 29.0. The standard InChI is InChI=1S/C12H13B5F6N2O2/c1-8(2,3)24-4-5(13)25(12(16,17)11(24,14)15)7(26)27-6(9(18,19)20)10(21,22)23/h5-6H,4H2,1-3H3. The van der Waals surface area contributed by atoms with Crippen LogP contribution in [-0.2, 0) is 4.74 Å². The number of nitrogens with zero attached hydrogens (tertiary/aromatic N) is 2. The van der Waals surface area contributed by atoms with Crippen molar-refractivity contribution in [1.82, 2.24) is 9.80 Å². The molecule has 0 bridgehead atoms. The summed E-state index contributed by atoms with van der Waals surface area (Å²) in [5, 5.41) is -4.94. The average Bonchev–Trinajstić information content (AvgIpc) is 2.36. The number of hydrogen-bond acceptors (Lipinski definition) is 3. The van der Waals surface area contributed by atoms with Crippen LogP contribution < -0.4 is 0 Å². The summed E-state index contributed by atoms with van der Waals surface area (Å²) in [6.07, 6.45) is -18.4. The normalized spacial score (nSPS) is 24.1. The lowest BCUT2D eigenvalue weighted by Gasteiger charge is -2.66. The second-order valence-corrected chi connectivity index (χ2v) is 7.22. The van der Waals surface area contributed by atoms with E-state index in [1.54, 1.807) is 20.8 Å². The van der Waals surface area contributed by atoms with Crippen LogP contribution >= 0.6 is 0 Å². The van der Waals surface area contributed by atoms with E-state index in [1.807, 2.05) is 0 Å². The van der Waals surface area contributed by atoms with Gasteiger partial charge >= 0.3 is 18.4 Å². The fourth-order valence-corrected chi connectivity index (χ4v) is 2.70. The van der Waals surface area contributed by atoms with Crippen molar-refractivity contribution >= 4 is 45.3 Å². The molecule has 1 unspecified atom stereocenters. The summed E-state index contributed by atoms with van der Waals surface area (Å²) in [6, 6.07) is 0. The molecule has 1 atom stereocenters. The maximum Gasteiger partial charge on any atom is 0.434 e. The first-order valence-electron chi connectivity index (χ1n) is 7.47. The molecule has 1 amide bonds. The Morgan fingerprint density at radius 3 is 1.74 bits per heavy atom. The topological polar surface area (TPSA) is 32.8 Å². The third-order valence-electron chi connectivity index (χ3n) is 4.01. The van der Waals surface area contributed by atoms with Crippen LogP contribution in [0.4, 0.5) is 31.1 Å². The highest BCUT2D eigenvalue weighted by molar-refractivity contribution is 6.55. The minimum absolute atomic E-state index is 0.0692. The molecular weight excluding hydrogens is 372 g/mol. The zero-order valence-corrected chi connectivity index (χ0v) is 14.7. The summed E-state index contributed by atoms with van der Waals surface area (Å²) >= 11 is 0. The number of carbonyl (C=O) groups is 1. The fourth-order valence-electron chi connectivity index (χ4n) is 2.70. The summed E-state index contributed by atoms with van der Waals surface area (Å²) in [5.41, 5.74) is -0.818. The van der Waals surface area contributed by atoms with Crippen molar-refractivity contribution in [3.8, 4) is 0 Å². The zero-order chi connectivity index (χ0) is 21.8. The smallest absolute Gasteiger partial charge is 0.427 e. The van der Waals surface area contributed by atoms with Gasteiger partial charge in [0.05, 0.1) is 31.4 Å². The Balaban J connectivity index is 3.28. The lowest BCUT2D eigenvalue weighted by atomic mass is 9.35. The van der Waals surface area contributed by atoms with E-state index < -0.39 is 46.7 Å². The fraction of sp³-hybridized carbons (Fsp3) is 0.917.